The summed E-state index contributed by atoms with van der Waals surface area (Å²) < 4.78 is 0. The van der Waals surface area contributed by atoms with Gasteiger partial charge in [-0.2, -0.15) is 0 Å². The van der Waals surface area contributed by atoms with Crippen LogP contribution in [-0.2, 0) is 4.79 Å². The Morgan fingerprint density at radius 2 is 2.56 bits per heavy atom. The third kappa shape index (κ3) is 4.72. The van der Waals surface area contributed by atoms with E-state index >= 15 is 0 Å². The topological polar surface area (TPSA) is 29.4 Å². The maximum atomic E-state index is 9.69. The highest BCUT2D eigenvalue weighted by Gasteiger charge is 1.78. The van der Waals surface area contributed by atoms with Crippen LogP contribution in [0, 0.1) is 0 Å². The molecular formula is C7H9NO. The van der Waals surface area contributed by atoms with Gasteiger partial charge < -0.3 is 0 Å². The number of rotatable bonds is 3. The Hall–Kier alpha value is -1.14. The molecule has 0 aromatic rings. The molecule has 2 nitrogen and oxygen atoms in total. The monoisotopic (exact) mass is 123 g/mol. The van der Waals surface area contributed by atoms with E-state index in [1.165, 1.54) is 6.08 Å². The molecule has 0 rings (SSSR count). The normalized spacial score (nSPS) is 10.1. The molecule has 0 amide bonds. The van der Waals surface area contributed by atoms with Gasteiger partial charge in [0.15, 0.2) is 0 Å². The first kappa shape index (κ1) is 7.86. The van der Waals surface area contributed by atoms with Crippen LogP contribution >= 0.6 is 0 Å². The summed E-state index contributed by atoms with van der Waals surface area (Å²) >= 11 is 0. The summed E-state index contributed by atoms with van der Waals surface area (Å²) in [7, 11) is 0. The number of hydrogen-bond donors (Lipinski definition) is 0. The molecule has 0 fully saturated rings. The minimum Gasteiger partial charge on any atom is -0.285 e. The second-order valence-corrected chi connectivity index (χ2v) is 1.53. The molecule has 0 aliphatic heterocycles. The van der Waals surface area contributed by atoms with E-state index in [0.717, 1.165) is 0 Å². The zero-order valence-electron chi connectivity index (χ0n) is 5.42. The lowest BCUT2D eigenvalue weighted by molar-refractivity contribution is 0.569. The molecular weight excluding hydrogens is 114 g/mol. The molecule has 0 radical (unpaired) electrons. The van der Waals surface area contributed by atoms with Gasteiger partial charge >= 0.3 is 0 Å². The van der Waals surface area contributed by atoms with Gasteiger partial charge in [0.05, 0.1) is 6.54 Å². The van der Waals surface area contributed by atoms with E-state index in [9.17, 15) is 4.79 Å². The Morgan fingerprint density at radius 3 is 3.00 bits per heavy atom. The molecule has 0 aromatic carbocycles. The fourth-order valence-electron chi connectivity index (χ4n) is 0.339. The molecule has 48 valence electrons. The number of hydrogen-bond acceptors (Lipinski definition) is 2. The molecule has 2 heteroatoms. The van der Waals surface area contributed by atoms with Gasteiger partial charge in [-0.25, -0.2) is 4.79 Å². The van der Waals surface area contributed by atoms with Crippen LogP contribution in [0.3, 0.4) is 0 Å². The molecule has 0 spiro atoms. The van der Waals surface area contributed by atoms with Gasteiger partial charge in [0.25, 0.3) is 0 Å². The predicted molar refractivity (Wildman–Crippen MR) is 38.4 cm³/mol. The molecule has 0 N–H and O–H groups in total. The fraction of sp³-hybridized carbons (Fsp3) is 0.286. The number of nitrogens with zero attached hydrogens (tertiary/aromatic N) is 1. The fourth-order valence-corrected chi connectivity index (χ4v) is 0.339. The van der Waals surface area contributed by atoms with Gasteiger partial charge in [-0.05, 0) is 6.92 Å². The molecule has 0 aliphatic carbocycles. The smallest absolute Gasteiger partial charge is 0.126 e. The van der Waals surface area contributed by atoms with Crippen molar-refractivity contribution in [2.24, 2.45) is 4.99 Å². The zero-order valence-corrected chi connectivity index (χ0v) is 5.42. The zero-order chi connectivity index (χ0) is 7.11. The molecule has 0 saturated carbocycles. The van der Waals surface area contributed by atoms with Crippen molar-refractivity contribution in [2.75, 3.05) is 6.54 Å². The van der Waals surface area contributed by atoms with Crippen molar-refractivity contribution in [2.45, 2.75) is 6.92 Å². The molecule has 0 aromatic heterocycles. The lowest BCUT2D eigenvalue weighted by Crippen LogP contribution is -1.85. The molecule has 0 unspecified atom stereocenters. The predicted octanol–water partition coefficient (Wildman–Crippen LogP) is 1.02. The van der Waals surface area contributed by atoms with Crippen LogP contribution in [0.25, 0.3) is 0 Å². The maximum absolute atomic E-state index is 9.69. The van der Waals surface area contributed by atoms with E-state index in [4.69, 9.17) is 0 Å². The standard InChI is InChI=1S/C7H9NO/c1-3-5-8-7(2)4-6-9/h3-4H,1,5H2,2H3. The minimum atomic E-state index is 0.560. The summed E-state index contributed by atoms with van der Waals surface area (Å²) in [6.07, 6.45) is 2.96. The van der Waals surface area contributed by atoms with Crippen molar-refractivity contribution in [3.8, 4) is 0 Å². The van der Waals surface area contributed by atoms with Crippen molar-refractivity contribution in [1.82, 2.24) is 0 Å². The summed E-state index contributed by atoms with van der Waals surface area (Å²) in [4.78, 5) is 13.6. The largest absolute Gasteiger partial charge is 0.285 e. The van der Waals surface area contributed by atoms with E-state index in [1.807, 2.05) is 0 Å². The van der Waals surface area contributed by atoms with Crippen LogP contribution in [0.15, 0.2) is 23.7 Å². The molecule has 9 heavy (non-hydrogen) atoms. The lowest BCUT2D eigenvalue weighted by Gasteiger charge is -1.83. The molecule has 0 saturated heterocycles. The SMILES string of the molecule is C=CCN=C(C)C=C=O. The first-order valence-corrected chi connectivity index (χ1v) is 2.64. The van der Waals surface area contributed by atoms with Gasteiger partial charge in [0, 0.05) is 11.8 Å². The summed E-state index contributed by atoms with van der Waals surface area (Å²) in [5, 5.41) is 0. The van der Waals surface area contributed by atoms with Crippen LogP contribution in [0.5, 0.6) is 0 Å². The van der Waals surface area contributed by atoms with Crippen LogP contribution in [0.2, 0.25) is 0 Å². The molecule has 0 bridgehead atoms. The van der Waals surface area contributed by atoms with E-state index in [2.05, 4.69) is 11.6 Å². The molecule has 0 heterocycles. The van der Waals surface area contributed by atoms with Crippen molar-refractivity contribution in [3.05, 3.63) is 18.7 Å². The summed E-state index contributed by atoms with van der Waals surface area (Å²) in [6.45, 7) is 5.78. The van der Waals surface area contributed by atoms with Crippen molar-refractivity contribution in [1.29, 1.82) is 0 Å². The van der Waals surface area contributed by atoms with Crippen LogP contribution in [0.4, 0.5) is 0 Å². The Kier molecular flexibility index (Phi) is 4.37. The average Bonchev–Trinajstić information content (AvgIpc) is 1.85. The maximum Gasteiger partial charge on any atom is 0.126 e. The molecule has 0 atom stereocenters. The number of carbonyl (C=O) groups excluding carboxylic acids is 1. The third-order valence-electron chi connectivity index (χ3n) is 0.738. The van der Waals surface area contributed by atoms with Crippen LogP contribution in [0.1, 0.15) is 6.92 Å². The summed E-state index contributed by atoms with van der Waals surface area (Å²) in [5.74, 6) is 1.64. The van der Waals surface area contributed by atoms with Gasteiger partial charge in [-0.1, -0.05) is 6.08 Å². The summed E-state index contributed by atoms with van der Waals surface area (Å²) in [5.41, 5.74) is 0.685. The van der Waals surface area contributed by atoms with Gasteiger partial charge in [-0.3, -0.25) is 4.99 Å². The minimum absolute atomic E-state index is 0.560. The number of allylic oxidation sites excluding steroid dienone is 1. The van der Waals surface area contributed by atoms with Crippen LogP contribution in [-0.4, -0.2) is 18.2 Å². The van der Waals surface area contributed by atoms with Gasteiger partial charge in [0.2, 0.25) is 0 Å². The summed E-state index contributed by atoms with van der Waals surface area (Å²) in [6, 6.07) is 0. The molecule has 0 aliphatic rings. The average molecular weight is 123 g/mol. The van der Waals surface area contributed by atoms with E-state index in [1.54, 1.807) is 18.9 Å². The third-order valence-corrected chi connectivity index (χ3v) is 0.738. The van der Waals surface area contributed by atoms with Crippen molar-refractivity contribution < 1.29 is 4.79 Å². The Balaban J connectivity index is 3.82. The second-order valence-electron chi connectivity index (χ2n) is 1.53. The second kappa shape index (κ2) is 5.01. The van der Waals surface area contributed by atoms with E-state index in [0.29, 0.717) is 12.3 Å². The first-order chi connectivity index (χ1) is 4.31. The van der Waals surface area contributed by atoms with Crippen molar-refractivity contribution in [3.63, 3.8) is 0 Å². The van der Waals surface area contributed by atoms with Crippen molar-refractivity contribution >= 4 is 11.7 Å². The quantitative estimate of drug-likeness (QED) is 0.313. The van der Waals surface area contributed by atoms with Gasteiger partial charge in [0.1, 0.15) is 5.94 Å². The highest BCUT2D eigenvalue weighted by Crippen LogP contribution is 1.77. The highest BCUT2D eigenvalue weighted by atomic mass is 16.1. The van der Waals surface area contributed by atoms with Gasteiger partial charge in [-0.15, -0.1) is 6.58 Å². The highest BCUT2D eigenvalue weighted by molar-refractivity contribution is 5.98. The Labute approximate surface area is 54.6 Å². The number of aliphatic imine (C=N–C) groups is 1. The first-order valence-electron chi connectivity index (χ1n) is 2.64. The Bertz CT molecular complexity index is 164. The van der Waals surface area contributed by atoms with Crippen LogP contribution < -0.4 is 0 Å². The lowest BCUT2D eigenvalue weighted by atomic mass is 10.4. The Morgan fingerprint density at radius 1 is 1.89 bits per heavy atom. The van der Waals surface area contributed by atoms with E-state index in [-0.39, 0.29) is 0 Å². The van der Waals surface area contributed by atoms with E-state index < -0.39 is 0 Å².